The summed E-state index contributed by atoms with van der Waals surface area (Å²) in [5.41, 5.74) is 8.38. The van der Waals surface area contributed by atoms with Gasteiger partial charge in [0.1, 0.15) is 6.61 Å². The van der Waals surface area contributed by atoms with Gasteiger partial charge in [-0.05, 0) is 72.2 Å². The standard InChI is InChI=1S/C22H26O4/c1-14-11-20(17(4)16(3)15(14)2)22(18-9-7-6-8-10-18)19(12-21(23)24)13-26-25-5/h6-11H,12-13H2,1-5H3,(H,23,24)/b22-19+. The van der Waals surface area contributed by atoms with Gasteiger partial charge in [0.05, 0.1) is 13.5 Å². The van der Waals surface area contributed by atoms with Gasteiger partial charge in [0, 0.05) is 0 Å². The van der Waals surface area contributed by atoms with E-state index in [2.05, 4.69) is 33.8 Å². The van der Waals surface area contributed by atoms with Gasteiger partial charge >= 0.3 is 5.97 Å². The lowest BCUT2D eigenvalue weighted by Gasteiger charge is -2.20. The van der Waals surface area contributed by atoms with Gasteiger partial charge in [-0.2, -0.15) is 0 Å². The molecule has 0 unspecified atom stereocenters. The van der Waals surface area contributed by atoms with Crippen molar-refractivity contribution in [1.82, 2.24) is 0 Å². The summed E-state index contributed by atoms with van der Waals surface area (Å²) < 4.78 is 0. The summed E-state index contributed by atoms with van der Waals surface area (Å²) >= 11 is 0. The zero-order chi connectivity index (χ0) is 19.3. The maximum atomic E-state index is 11.5. The number of carbonyl (C=O) groups is 1. The number of benzene rings is 2. The van der Waals surface area contributed by atoms with Crippen LogP contribution in [0.1, 0.15) is 39.8 Å². The number of aliphatic carboxylic acids is 1. The van der Waals surface area contributed by atoms with E-state index in [0.29, 0.717) is 5.57 Å². The van der Waals surface area contributed by atoms with Crippen LogP contribution in [0.15, 0.2) is 42.0 Å². The number of carboxylic acid groups (broad SMARTS) is 1. The fourth-order valence-corrected chi connectivity index (χ4v) is 3.15. The van der Waals surface area contributed by atoms with Crippen LogP contribution in [0, 0.1) is 27.7 Å². The van der Waals surface area contributed by atoms with Crippen LogP contribution in [-0.4, -0.2) is 24.8 Å². The van der Waals surface area contributed by atoms with E-state index in [1.165, 1.54) is 23.8 Å². The Bertz CT molecular complexity index is 820. The Kier molecular flexibility index (Phi) is 6.72. The second-order valence-corrected chi connectivity index (χ2v) is 6.46. The molecule has 2 aromatic rings. The number of carboxylic acids is 1. The molecule has 0 saturated carbocycles. The average molecular weight is 354 g/mol. The molecule has 4 nitrogen and oxygen atoms in total. The Balaban J connectivity index is 2.80. The molecule has 0 fully saturated rings. The Labute approximate surface area is 155 Å². The molecule has 0 saturated heterocycles. The average Bonchev–Trinajstić information content (AvgIpc) is 2.62. The Morgan fingerprint density at radius 3 is 2.23 bits per heavy atom. The maximum absolute atomic E-state index is 11.5. The van der Waals surface area contributed by atoms with Gasteiger partial charge in [0.25, 0.3) is 0 Å². The molecule has 0 aliphatic heterocycles. The van der Waals surface area contributed by atoms with Gasteiger partial charge in [-0.1, -0.05) is 36.4 Å². The molecule has 0 heterocycles. The van der Waals surface area contributed by atoms with Crippen LogP contribution in [0.3, 0.4) is 0 Å². The molecule has 0 amide bonds. The smallest absolute Gasteiger partial charge is 0.307 e. The summed E-state index contributed by atoms with van der Waals surface area (Å²) in [6.07, 6.45) is -0.112. The molecule has 2 rings (SSSR count). The zero-order valence-corrected chi connectivity index (χ0v) is 16.1. The maximum Gasteiger partial charge on any atom is 0.307 e. The SMILES string of the molecule is COOC/C(CC(=O)O)=C(\c1ccccc1)c1cc(C)c(C)c(C)c1C. The van der Waals surface area contributed by atoms with Crippen LogP contribution in [0.5, 0.6) is 0 Å². The Hall–Kier alpha value is -2.43. The van der Waals surface area contributed by atoms with E-state index in [-0.39, 0.29) is 13.0 Å². The van der Waals surface area contributed by atoms with E-state index < -0.39 is 5.97 Å². The monoisotopic (exact) mass is 354 g/mol. The lowest BCUT2D eigenvalue weighted by Crippen LogP contribution is -2.09. The molecule has 4 heteroatoms. The third kappa shape index (κ3) is 4.40. The van der Waals surface area contributed by atoms with Crippen molar-refractivity contribution in [2.75, 3.05) is 13.7 Å². The van der Waals surface area contributed by atoms with Crippen LogP contribution < -0.4 is 0 Å². The molecule has 0 aliphatic carbocycles. The molecule has 2 aromatic carbocycles. The number of aryl methyl sites for hydroxylation is 1. The second kappa shape index (κ2) is 8.79. The topological polar surface area (TPSA) is 55.8 Å². The number of hydrogen-bond acceptors (Lipinski definition) is 3. The summed E-state index contributed by atoms with van der Waals surface area (Å²) in [7, 11) is 1.42. The molecule has 1 N–H and O–H groups in total. The van der Waals surface area contributed by atoms with Crippen molar-refractivity contribution in [3.63, 3.8) is 0 Å². The van der Waals surface area contributed by atoms with E-state index in [4.69, 9.17) is 9.78 Å². The highest BCUT2D eigenvalue weighted by Gasteiger charge is 2.19. The fraction of sp³-hybridized carbons (Fsp3) is 0.318. The molecular weight excluding hydrogens is 328 g/mol. The molecule has 0 aromatic heterocycles. The number of rotatable bonds is 7. The van der Waals surface area contributed by atoms with Crippen LogP contribution in [0.25, 0.3) is 5.57 Å². The summed E-state index contributed by atoms with van der Waals surface area (Å²) in [4.78, 5) is 21.4. The van der Waals surface area contributed by atoms with Crippen LogP contribution in [-0.2, 0) is 14.6 Å². The first-order valence-electron chi connectivity index (χ1n) is 8.59. The number of hydrogen-bond donors (Lipinski definition) is 1. The Morgan fingerprint density at radius 2 is 1.65 bits per heavy atom. The van der Waals surface area contributed by atoms with Crippen molar-refractivity contribution in [3.8, 4) is 0 Å². The van der Waals surface area contributed by atoms with Crippen LogP contribution in [0.2, 0.25) is 0 Å². The zero-order valence-electron chi connectivity index (χ0n) is 16.1. The van der Waals surface area contributed by atoms with Crippen molar-refractivity contribution in [3.05, 3.63) is 75.4 Å². The molecule has 0 radical (unpaired) electrons. The molecule has 0 aliphatic rings. The minimum absolute atomic E-state index is 0.0957. The van der Waals surface area contributed by atoms with Crippen molar-refractivity contribution < 1.29 is 19.7 Å². The molecule has 0 bridgehead atoms. The van der Waals surface area contributed by atoms with Crippen molar-refractivity contribution in [1.29, 1.82) is 0 Å². The van der Waals surface area contributed by atoms with E-state index in [1.54, 1.807) is 0 Å². The lowest BCUT2D eigenvalue weighted by molar-refractivity contribution is -0.265. The van der Waals surface area contributed by atoms with Crippen molar-refractivity contribution in [2.45, 2.75) is 34.1 Å². The highest BCUT2D eigenvalue weighted by molar-refractivity contribution is 5.87. The third-order valence-corrected chi connectivity index (χ3v) is 4.88. The van der Waals surface area contributed by atoms with Crippen molar-refractivity contribution in [2.24, 2.45) is 0 Å². The molecule has 0 atom stereocenters. The summed E-state index contributed by atoms with van der Waals surface area (Å²) in [6.45, 7) is 8.47. The first kappa shape index (κ1) is 19.9. The molecule has 0 spiro atoms. The first-order valence-corrected chi connectivity index (χ1v) is 8.59. The van der Waals surface area contributed by atoms with Gasteiger partial charge in [-0.3, -0.25) is 4.79 Å². The highest BCUT2D eigenvalue weighted by atomic mass is 17.2. The summed E-state index contributed by atoms with van der Waals surface area (Å²) in [6, 6.07) is 12.0. The fourth-order valence-electron chi connectivity index (χ4n) is 3.15. The van der Waals surface area contributed by atoms with Crippen LogP contribution in [0.4, 0.5) is 0 Å². The normalized spacial score (nSPS) is 12.0. The van der Waals surface area contributed by atoms with Gasteiger partial charge in [0.2, 0.25) is 0 Å². The van der Waals surface area contributed by atoms with E-state index >= 15 is 0 Å². The first-order chi connectivity index (χ1) is 12.4. The lowest BCUT2D eigenvalue weighted by atomic mass is 9.85. The van der Waals surface area contributed by atoms with Gasteiger partial charge in [0.15, 0.2) is 0 Å². The largest absolute Gasteiger partial charge is 0.481 e. The predicted octanol–water partition coefficient (Wildman–Crippen LogP) is 4.77. The van der Waals surface area contributed by atoms with E-state index in [0.717, 1.165) is 22.3 Å². The van der Waals surface area contributed by atoms with E-state index in [1.807, 2.05) is 30.3 Å². The molecule has 138 valence electrons. The Morgan fingerprint density at radius 1 is 1.00 bits per heavy atom. The third-order valence-electron chi connectivity index (χ3n) is 4.88. The highest BCUT2D eigenvalue weighted by Crippen LogP contribution is 2.34. The molecular formula is C22H26O4. The van der Waals surface area contributed by atoms with Crippen molar-refractivity contribution >= 4 is 11.5 Å². The van der Waals surface area contributed by atoms with Crippen LogP contribution >= 0.6 is 0 Å². The van der Waals surface area contributed by atoms with Gasteiger partial charge < -0.3 is 5.11 Å². The van der Waals surface area contributed by atoms with E-state index in [9.17, 15) is 9.90 Å². The quantitative estimate of drug-likeness (QED) is 0.574. The second-order valence-electron chi connectivity index (χ2n) is 6.46. The molecule has 26 heavy (non-hydrogen) atoms. The summed E-state index contributed by atoms with van der Waals surface area (Å²) in [5.74, 6) is -0.897. The van der Waals surface area contributed by atoms with Gasteiger partial charge in [-0.25, -0.2) is 9.78 Å². The minimum atomic E-state index is -0.897. The predicted molar refractivity (Wildman–Crippen MR) is 103 cm³/mol. The van der Waals surface area contributed by atoms with Gasteiger partial charge in [-0.15, -0.1) is 0 Å². The minimum Gasteiger partial charge on any atom is -0.481 e. The summed E-state index contributed by atoms with van der Waals surface area (Å²) in [5, 5.41) is 9.42.